The molecule has 1 aliphatic carbocycles. The maximum Gasteiger partial charge on any atom is 0.0805 e. The van der Waals surface area contributed by atoms with E-state index in [1.54, 1.807) is 0 Å². The fourth-order valence-corrected chi connectivity index (χ4v) is 3.11. The number of nitrogens with zero attached hydrogens (tertiary/aromatic N) is 1. The second-order valence-corrected chi connectivity index (χ2v) is 6.26. The molecule has 0 saturated heterocycles. The van der Waals surface area contributed by atoms with Crippen LogP contribution < -0.4 is 11.5 Å². The van der Waals surface area contributed by atoms with Gasteiger partial charge >= 0.3 is 0 Å². The molecule has 1 rings (SSSR count). The van der Waals surface area contributed by atoms with Gasteiger partial charge in [0.2, 0.25) is 0 Å². The summed E-state index contributed by atoms with van der Waals surface area (Å²) in [6.45, 7) is 10.6. The molecule has 4 heteroatoms. The number of nitriles is 1. The topological polar surface area (TPSA) is 96.1 Å². The molecule has 0 aromatic heterocycles. The summed E-state index contributed by atoms with van der Waals surface area (Å²) in [6, 6.07) is 2.08. The Morgan fingerprint density at radius 1 is 1.53 bits per heavy atom. The molecule has 1 saturated carbocycles. The Kier molecular flexibility index (Phi) is 5.14. The van der Waals surface area contributed by atoms with E-state index in [4.69, 9.17) is 11.5 Å². The van der Waals surface area contributed by atoms with Gasteiger partial charge in [-0.15, -0.1) is 0 Å². The van der Waals surface area contributed by atoms with Crippen LogP contribution in [0, 0.1) is 34.5 Å². The van der Waals surface area contributed by atoms with E-state index in [0.29, 0.717) is 25.3 Å². The van der Waals surface area contributed by atoms with Crippen LogP contribution >= 0.6 is 0 Å². The lowest BCUT2D eigenvalue weighted by Gasteiger charge is -2.46. The lowest BCUT2D eigenvalue weighted by Crippen LogP contribution is -2.53. The first-order valence-electron chi connectivity index (χ1n) is 7.00. The molecule has 0 spiro atoms. The summed E-state index contributed by atoms with van der Waals surface area (Å²) in [5.74, 6) is 0.698. The van der Waals surface area contributed by atoms with Crippen LogP contribution in [0.5, 0.6) is 0 Å². The Hall–Kier alpha value is -0.890. The molecule has 0 amide bonds. The molecule has 0 radical (unpaired) electrons. The number of allylic oxidation sites excluding steroid dienone is 1. The molecule has 6 atom stereocenters. The van der Waals surface area contributed by atoms with Gasteiger partial charge in [0, 0.05) is 6.04 Å². The lowest BCUT2D eigenvalue weighted by molar-refractivity contribution is 0.00885. The zero-order chi connectivity index (χ0) is 14.8. The lowest BCUT2D eigenvalue weighted by atomic mass is 9.60. The minimum absolute atomic E-state index is 0.0960. The number of hydrogen-bond acceptors (Lipinski definition) is 4. The summed E-state index contributed by atoms with van der Waals surface area (Å²) in [5, 5.41) is 19.7. The normalized spacial score (nSPS) is 38.3. The van der Waals surface area contributed by atoms with Crippen LogP contribution in [-0.2, 0) is 0 Å². The van der Waals surface area contributed by atoms with Crippen molar-refractivity contribution >= 4 is 0 Å². The summed E-state index contributed by atoms with van der Waals surface area (Å²) >= 11 is 0. The molecule has 5 N–H and O–H groups in total. The second-order valence-electron chi connectivity index (χ2n) is 6.26. The fraction of sp³-hybridized carbons (Fsp3) is 0.800. The molecule has 0 aromatic rings. The van der Waals surface area contributed by atoms with Gasteiger partial charge in [0.05, 0.1) is 17.6 Å². The molecule has 3 unspecified atom stereocenters. The van der Waals surface area contributed by atoms with Gasteiger partial charge in [-0.05, 0) is 44.1 Å². The molecule has 19 heavy (non-hydrogen) atoms. The number of aliphatic hydroxyl groups is 1. The molecule has 0 aliphatic heterocycles. The van der Waals surface area contributed by atoms with Gasteiger partial charge in [-0.2, -0.15) is 5.26 Å². The van der Waals surface area contributed by atoms with Crippen LogP contribution in [0.1, 0.15) is 33.6 Å². The van der Waals surface area contributed by atoms with E-state index in [-0.39, 0.29) is 17.9 Å². The van der Waals surface area contributed by atoms with Crippen LogP contribution in [0.2, 0.25) is 0 Å². The van der Waals surface area contributed by atoms with E-state index in [1.807, 2.05) is 6.92 Å². The predicted molar refractivity (Wildman–Crippen MR) is 76.9 cm³/mol. The van der Waals surface area contributed by atoms with Crippen LogP contribution in [0.25, 0.3) is 0 Å². The number of aliphatic hydroxyl groups excluding tert-OH is 1. The Balaban J connectivity index is 3.04. The van der Waals surface area contributed by atoms with Crippen molar-refractivity contribution in [1.82, 2.24) is 0 Å². The van der Waals surface area contributed by atoms with E-state index < -0.39 is 11.5 Å². The van der Waals surface area contributed by atoms with Gasteiger partial charge in [-0.1, -0.05) is 26.0 Å². The van der Waals surface area contributed by atoms with Gasteiger partial charge in [0.15, 0.2) is 0 Å². The molecule has 1 fully saturated rings. The highest BCUT2D eigenvalue weighted by atomic mass is 16.3. The Labute approximate surface area is 116 Å². The van der Waals surface area contributed by atoms with E-state index in [0.717, 1.165) is 5.57 Å². The second kappa shape index (κ2) is 6.04. The number of hydrogen-bond donors (Lipinski definition) is 3. The van der Waals surface area contributed by atoms with Crippen molar-refractivity contribution in [1.29, 1.82) is 5.26 Å². The Morgan fingerprint density at radius 2 is 2.11 bits per heavy atom. The quantitative estimate of drug-likeness (QED) is 0.669. The Morgan fingerprint density at radius 3 is 2.53 bits per heavy atom. The van der Waals surface area contributed by atoms with Gasteiger partial charge in [-0.25, -0.2) is 0 Å². The molecule has 1 aliphatic rings. The van der Waals surface area contributed by atoms with Gasteiger partial charge in [0.1, 0.15) is 0 Å². The van der Waals surface area contributed by atoms with E-state index in [2.05, 4.69) is 26.5 Å². The number of rotatable bonds is 4. The third kappa shape index (κ3) is 3.00. The number of nitrogens with two attached hydrogens (primary N) is 2. The highest BCUT2D eigenvalue weighted by Crippen LogP contribution is 2.46. The Bertz CT molecular complexity index is 376. The van der Waals surface area contributed by atoms with Crippen LogP contribution in [0.3, 0.4) is 0 Å². The van der Waals surface area contributed by atoms with Crippen molar-refractivity contribution < 1.29 is 5.11 Å². The van der Waals surface area contributed by atoms with Crippen LogP contribution in [0.4, 0.5) is 0 Å². The van der Waals surface area contributed by atoms with Crippen molar-refractivity contribution in [2.24, 2.45) is 34.6 Å². The zero-order valence-electron chi connectivity index (χ0n) is 12.3. The molecule has 0 bridgehead atoms. The summed E-state index contributed by atoms with van der Waals surface area (Å²) < 4.78 is 0. The monoisotopic (exact) mass is 265 g/mol. The first-order chi connectivity index (χ1) is 8.79. The van der Waals surface area contributed by atoms with E-state index >= 15 is 0 Å². The highest BCUT2D eigenvalue weighted by Gasteiger charge is 2.47. The smallest absolute Gasteiger partial charge is 0.0805 e. The van der Waals surface area contributed by atoms with Crippen molar-refractivity contribution in [3.05, 3.63) is 12.2 Å². The predicted octanol–water partition coefficient (Wildman–Crippen LogP) is 1.40. The van der Waals surface area contributed by atoms with E-state index in [1.165, 1.54) is 0 Å². The summed E-state index contributed by atoms with van der Waals surface area (Å²) in [6.07, 6.45) is 0.408. The molecule has 0 heterocycles. The first-order valence-corrected chi connectivity index (χ1v) is 7.00. The average molecular weight is 265 g/mol. The molecule has 4 nitrogen and oxygen atoms in total. The molecule has 0 aromatic carbocycles. The standard InChI is InChI=1S/C15H27N3O/c1-9(2)15(8-17)5-12(11(4)10(3)7-16)14(18)13(19)6-15/h10-14,19H,1,5-7,16,18H2,2-4H3/t10?,11-,12?,13?,14+,15+/m1/s1. The van der Waals surface area contributed by atoms with Gasteiger partial charge in [-0.3, -0.25) is 0 Å². The van der Waals surface area contributed by atoms with Crippen molar-refractivity contribution in [3.63, 3.8) is 0 Å². The van der Waals surface area contributed by atoms with Crippen molar-refractivity contribution in [2.45, 2.75) is 45.8 Å². The SMILES string of the molecule is C=C(C)[C@]1(C#N)CC(O)[C@@H](N)C([C@H](C)C(C)CN)C1. The van der Waals surface area contributed by atoms with Crippen LogP contribution in [0.15, 0.2) is 12.2 Å². The molecular weight excluding hydrogens is 238 g/mol. The zero-order valence-corrected chi connectivity index (χ0v) is 12.3. The fourth-order valence-electron chi connectivity index (χ4n) is 3.11. The third-order valence-electron chi connectivity index (χ3n) is 5.06. The van der Waals surface area contributed by atoms with Crippen molar-refractivity contribution in [3.8, 4) is 6.07 Å². The minimum Gasteiger partial charge on any atom is -0.391 e. The van der Waals surface area contributed by atoms with Crippen LogP contribution in [-0.4, -0.2) is 23.8 Å². The minimum atomic E-state index is -0.650. The summed E-state index contributed by atoms with van der Waals surface area (Å²) in [5.41, 5.74) is 12.1. The highest BCUT2D eigenvalue weighted by molar-refractivity contribution is 5.23. The molecule has 108 valence electrons. The maximum absolute atomic E-state index is 10.2. The summed E-state index contributed by atoms with van der Waals surface area (Å²) in [7, 11) is 0. The maximum atomic E-state index is 10.2. The third-order valence-corrected chi connectivity index (χ3v) is 5.06. The van der Waals surface area contributed by atoms with Gasteiger partial charge in [0.25, 0.3) is 0 Å². The van der Waals surface area contributed by atoms with Gasteiger partial charge < -0.3 is 16.6 Å². The largest absolute Gasteiger partial charge is 0.391 e. The van der Waals surface area contributed by atoms with Crippen molar-refractivity contribution in [2.75, 3.05) is 6.54 Å². The van der Waals surface area contributed by atoms with E-state index in [9.17, 15) is 10.4 Å². The average Bonchev–Trinajstić information content (AvgIpc) is 2.39. The molecular formula is C15H27N3O. The summed E-state index contributed by atoms with van der Waals surface area (Å²) in [4.78, 5) is 0. The first kappa shape index (κ1) is 16.2.